The van der Waals surface area contributed by atoms with Crippen LogP contribution in [0.15, 0.2) is 67.0 Å². The second kappa shape index (κ2) is 10.1. The fourth-order valence-electron chi connectivity index (χ4n) is 7.13. The van der Waals surface area contributed by atoms with Crippen molar-refractivity contribution in [3.63, 3.8) is 0 Å². The maximum Gasteiger partial charge on any atom is 0.248 e. The van der Waals surface area contributed by atoms with Crippen molar-refractivity contribution in [3.8, 4) is 16.3 Å². The van der Waals surface area contributed by atoms with Crippen molar-refractivity contribution in [2.75, 3.05) is 42.1 Å². The van der Waals surface area contributed by atoms with E-state index in [1.54, 1.807) is 22.3 Å². The maximum atomic E-state index is 6.32. The highest BCUT2D eigenvalue weighted by Gasteiger charge is 2.42. The standard InChI is InChI=1S/C31H33N9S/c32-30-36-31(37-40(30)29-28-25(33-19-34-29)18-27(41-28)21-4-2-1-3-5-21)35-23-8-10-24(11-9-23)38-12-14-39(15-13-38)26-17-20-6-7-22(26)16-20/h1-5,8-11,18-20,22,26H,6-7,12-17H2,(H3,32,35,36,37). The van der Waals surface area contributed by atoms with Gasteiger partial charge in [-0.15, -0.1) is 16.4 Å². The fraction of sp³-hybridized carbons (Fsp3) is 0.355. The van der Waals surface area contributed by atoms with Crippen LogP contribution in [0.1, 0.15) is 25.7 Å². The number of nitrogens with one attached hydrogen (secondary N) is 1. The minimum Gasteiger partial charge on any atom is -0.369 e. The number of nitrogens with zero attached hydrogens (tertiary/aromatic N) is 7. The molecule has 1 aliphatic heterocycles. The predicted molar refractivity (Wildman–Crippen MR) is 165 cm³/mol. The molecule has 3 fully saturated rings. The van der Waals surface area contributed by atoms with Crippen LogP contribution in [0.5, 0.6) is 0 Å². The Morgan fingerprint density at radius 3 is 2.49 bits per heavy atom. The molecule has 3 atom stereocenters. The highest BCUT2D eigenvalue weighted by molar-refractivity contribution is 7.22. The first-order chi connectivity index (χ1) is 20.2. The first-order valence-corrected chi connectivity index (χ1v) is 15.4. The van der Waals surface area contributed by atoms with E-state index in [9.17, 15) is 0 Å². The van der Waals surface area contributed by atoms with Crippen LogP contribution in [-0.2, 0) is 0 Å². The van der Waals surface area contributed by atoms with E-state index < -0.39 is 0 Å². The number of hydrogen-bond acceptors (Lipinski definition) is 9. The lowest BCUT2D eigenvalue weighted by Crippen LogP contribution is -2.51. The monoisotopic (exact) mass is 563 g/mol. The smallest absolute Gasteiger partial charge is 0.248 e. The molecular weight excluding hydrogens is 530 g/mol. The minimum atomic E-state index is 0.270. The Hall–Kier alpha value is -4.02. The Morgan fingerprint density at radius 1 is 0.902 bits per heavy atom. The summed E-state index contributed by atoms with van der Waals surface area (Å²) in [4.78, 5) is 19.9. The molecule has 9 nitrogen and oxygen atoms in total. The zero-order chi connectivity index (χ0) is 27.3. The van der Waals surface area contributed by atoms with Crippen LogP contribution in [0.25, 0.3) is 26.5 Å². The van der Waals surface area contributed by atoms with Gasteiger partial charge in [-0.2, -0.15) is 9.67 Å². The molecule has 8 rings (SSSR count). The molecule has 0 spiro atoms. The van der Waals surface area contributed by atoms with Crippen LogP contribution in [0, 0.1) is 11.8 Å². The van der Waals surface area contributed by atoms with Gasteiger partial charge in [-0.05, 0) is 67.0 Å². The van der Waals surface area contributed by atoms with Crippen molar-refractivity contribution >= 4 is 44.8 Å². The lowest BCUT2D eigenvalue weighted by molar-refractivity contribution is 0.135. The molecule has 2 saturated carbocycles. The summed E-state index contributed by atoms with van der Waals surface area (Å²) in [5.74, 6) is 3.29. The highest BCUT2D eigenvalue weighted by atomic mass is 32.1. The van der Waals surface area contributed by atoms with E-state index in [1.165, 1.54) is 44.5 Å². The van der Waals surface area contributed by atoms with Crippen LogP contribution in [-0.4, -0.2) is 61.9 Å². The van der Waals surface area contributed by atoms with Gasteiger partial charge in [0.25, 0.3) is 0 Å². The Kier molecular flexibility index (Phi) is 6.10. The van der Waals surface area contributed by atoms with Crippen LogP contribution < -0.4 is 16.0 Å². The van der Waals surface area contributed by atoms with Crippen molar-refractivity contribution in [2.24, 2.45) is 11.8 Å². The molecule has 0 radical (unpaired) electrons. The van der Waals surface area contributed by atoms with E-state index in [1.807, 2.05) is 18.2 Å². The normalized spacial score (nSPS) is 22.5. The van der Waals surface area contributed by atoms with E-state index in [0.717, 1.165) is 57.3 Å². The molecule has 0 amide bonds. The number of benzene rings is 2. The second-order valence-corrected chi connectivity index (χ2v) is 12.6. The fourth-order valence-corrected chi connectivity index (χ4v) is 8.22. The third-order valence-electron chi connectivity index (χ3n) is 9.16. The molecular formula is C31H33N9S. The summed E-state index contributed by atoms with van der Waals surface area (Å²) >= 11 is 1.62. The number of piperazine rings is 1. The number of hydrogen-bond donors (Lipinski definition) is 2. The Labute approximate surface area is 243 Å². The number of thiophene rings is 1. The quantitative estimate of drug-likeness (QED) is 0.276. The van der Waals surface area contributed by atoms with Crippen LogP contribution >= 0.6 is 11.3 Å². The summed E-state index contributed by atoms with van der Waals surface area (Å²) in [7, 11) is 0. The van der Waals surface area contributed by atoms with E-state index in [4.69, 9.17) is 5.73 Å². The summed E-state index contributed by atoms with van der Waals surface area (Å²) in [6, 6.07) is 21.7. The van der Waals surface area contributed by atoms with Crippen LogP contribution in [0.4, 0.5) is 23.3 Å². The van der Waals surface area contributed by atoms with Gasteiger partial charge in [-0.1, -0.05) is 36.8 Å². The SMILES string of the molecule is Nc1nc(Nc2ccc(N3CCN(C4CC5CCC4C5)CC3)cc2)nn1-c1ncnc2cc(-c3ccccc3)sc12. The molecule has 208 valence electrons. The Bertz CT molecular complexity index is 1670. The van der Waals surface area contributed by atoms with Crippen molar-refractivity contribution in [1.82, 2.24) is 29.6 Å². The largest absolute Gasteiger partial charge is 0.369 e. The summed E-state index contributed by atoms with van der Waals surface area (Å²) in [6.07, 6.45) is 7.38. The van der Waals surface area contributed by atoms with Gasteiger partial charge in [0.2, 0.25) is 11.9 Å². The molecule has 3 unspecified atom stereocenters. The average molecular weight is 564 g/mol. The molecule has 41 heavy (non-hydrogen) atoms. The molecule has 5 aromatic rings. The predicted octanol–water partition coefficient (Wildman–Crippen LogP) is 5.58. The number of nitrogen functional groups attached to an aromatic ring is 1. The van der Waals surface area contributed by atoms with Gasteiger partial charge in [-0.3, -0.25) is 4.90 Å². The molecule has 3 aromatic heterocycles. The van der Waals surface area contributed by atoms with Gasteiger partial charge < -0.3 is 16.0 Å². The minimum absolute atomic E-state index is 0.270. The molecule has 3 aliphatic rings. The number of aromatic nitrogens is 5. The van der Waals surface area contributed by atoms with Gasteiger partial charge in [0.05, 0.1) is 10.2 Å². The molecule has 10 heteroatoms. The van der Waals surface area contributed by atoms with Gasteiger partial charge in [0.1, 0.15) is 6.33 Å². The van der Waals surface area contributed by atoms with Gasteiger partial charge >= 0.3 is 0 Å². The second-order valence-electron chi connectivity index (χ2n) is 11.5. The number of fused-ring (bicyclic) bond motifs is 3. The molecule has 2 aromatic carbocycles. The molecule has 3 N–H and O–H groups in total. The van der Waals surface area contributed by atoms with Crippen molar-refractivity contribution in [3.05, 3.63) is 67.0 Å². The third kappa shape index (κ3) is 4.61. The Balaban J connectivity index is 0.956. The topological polar surface area (TPSA) is 101 Å². The van der Waals surface area contributed by atoms with E-state index >= 15 is 0 Å². The van der Waals surface area contributed by atoms with Crippen LogP contribution in [0.3, 0.4) is 0 Å². The lowest BCUT2D eigenvalue weighted by Gasteiger charge is -2.41. The van der Waals surface area contributed by atoms with Crippen molar-refractivity contribution in [2.45, 2.75) is 31.7 Å². The van der Waals surface area contributed by atoms with Crippen LogP contribution in [0.2, 0.25) is 0 Å². The number of rotatable bonds is 6. The zero-order valence-corrected chi connectivity index (χ0v) is 23.7. The van der Waals surface area contributed by atoms with Gasteiger partial charge in [0.15, 0.2) is 5.82 Å². The lowest BCUT2D eigenvalue weighted by atomic mass is 9.93. The van der Waals surface area contributed by atoms with E-state index in [0.29, 0.717) is 11.8 Å². The third-order valence-corrected chi connectivity index (χ3v) is 10.3. The Morgan fingerprint density at radius 2 is 1.73 bits per heavy atom. The first-order valence-electron chi connectivity index (χ1n) is 14.6. The van der Waals surface area contributed by atoms with Crippen molar-refractivity contribution in [1.29, 1.82) is 0 Å². The van der Waals surface area contributed by atoms with E-state index in [2.05, 4.69) is 77.6 Å². The molecule has 2 bridgehead atoms. The van der Waals surface area contributed by atoms with E-state index in [-0.39, 0.29) is 5.95 Å². The zero-order valence-electron chi connectivity index (χ0n) is 22.9. The molecule has 4 heterocycles. The van der Waals surface area contributed by atoms with Gasteiger partial charge in [0, 0.05) is 48.5 Å². The van der Waals surface area contributed by atoms with Crippen molar-refractivity contribution < 1.29 is 0 Å². The van der Waals surface area contributed by atoms with Gasteiger partial charge in [-0.25, -0.2) is 9.97 Å². The summed E-state index contributed by atoms with van der Waals surface area (Å²) in [5, 5.41) is 7.97. The molecule has 1 saturated heterocycles. The average Bonchev–Trinajstić information content (AvgIpc) is 3.82. The molecule has 2 aliphatic carbocycles. The summed E-state index contributed by atoms with van der Waals surface area (Å²) in [5.41, 5.74) is 10.5. The first kappa shape index (κ1) is 24.8. The maximum absolute atomic E-state index is 6.32. The summed E-state index contributed by atoms with van der Waals surface area (Å²) in [6.45, 7) is 4.51. The highest BCUT2D eigenvalue weighted by Crippen LogP contribution is 2.46. The number of anilines is 4. The number of nitrogens with two attached hydrogens (primary N) is 1. The summed E-state index contributed by atoms with van der Waals surface area (Å²) < 4.78 is 2.50.